The van der Waals surface area contributed by atoms with Crippen LogP contribution in [0.5, 0.6) is 0 Å². The molecular formula is C8H15O4P-2. The van der Waals surface area contributed by atoms with E-state index in [4.69, 9.17) is 0 Å². The third-order valence-corrected chi connectivity index (χ3v) is 2.83. The van der Waals surface area contributed by atoms with Crippen molar-refractivity contribution in [2.45, 2.75) is 27.7 Å². The molecule has 0 aliphatic rings. The molecule has 0 rings (SSSR count). The average molecular weight is 206 g/mol. The first-order chi connectivity index (χ1) is 5.68. The Balaban J connectivity index is 4.78. The lowest BCUT2D eigenvalue weighted by Gasteiger charge is -2.35. The van der Waals surface area contributed by atoms with Gasteiger partial charge in [0.25, 0.3) is 0 Å². The number of carbonyl (C=O) groups is 1. The third kappa shape index (κ3) is 3.59. The van der Waals surface area contributed by atoms with Gasteiger partial charge in [-0.25, -0.2) is 0 Å². The molecule has 13 heavy (non-hydrogen) atoms. The minimum atomic E-state index is -5.06. The lowest BCUT2D eigenvalue weighted by molar-refractivity contribution is -0.311. The molecule has 78 valence electrons. The van der Waals surface area contributed by atoms with Gasteiger partial charge in [0.05, 0.1) is 0 Å². The summed E-state index contributed by atoms with van der Waals surface area (Å²) in [7, 11) is -5.06. The minimum Gasteiger partial charge on any atom is -0.805 e. The molecule has 0 bridgehead atoms. The van der Waals surface area contributed by atoms with Crippen molar-refractivity contribution in [3.63, 3.8) is 0 Å². The van der Waals surface area contributed by atoms with Crippen LogP contribution in [-0.4, -0.2) is 5.52 Å². The molecule has 0 spiro atoms. The number of carbonyl (C=O) groups excluding carboxylic acids is 1. The van der Waals surface area contributed by atoms with Crippen LogP contribution in [0.3, 0.4) is 0 Å². The fraction of sp³-hybridized carbons (Fsp3) is 0.875. The van der Waals surface area contributed by atoms with Gasteiger partial charge in [0.1, 0.15) is 0 Å². The summed E-state index contributed by atoms with van der Waals surface area (Å²) in [6.45, 7) is 6.94. The molecule has 4 nitrogen and oxygen atoms in total. The molecule has 0 radical (unpaired) electrons. The lowest BCUT2D eigenvalue weighted by Crippen LogP contribution is -2.33. The number of rotatable bonds is 4. The van der Waals surface area contributed by atoms with Crippen LogP contribution >= 0.6 is 7.60 Å². The predicted octanol–water partition coefficient (Wildman–Crippen LogP) is 0.355. The summed E-state index contributed by atoms with van der Waals surface area (Å²) in [6, 6.07) is 0. The summed E-state index contributed by atoms with van der Waals surface area (Å²) in [5.74, 6) is -0.923. The summed E-state index contributed by atoms with van der Waals surface area (Å²) in [4.78, 5) is 32.2. The maximum absolute atomic E-state index is 11.2. The van der Waals surface area contributed by atoms with Gasteiger partial charge >= 0.3 is 0 Å². The predicted molar refractivity (Wildman–Crippen MR) is 45.8 cm³/mol. The highest BCUT2D eigenvalue weighted by molar-refractivity contribution is 7.67. The first-order valence-electron chi connectivity index (χ1n) is 4.24. The van der Waals surface area contributed by atoms with Gasteiger partial charge in [0.15, 0.2) is 5.52 Å². The summed E-state index contributed by atoms with van der Waals surface area (Å²) < 4.78 is 10.5. The van der Waals surface area contributed by atoms with E-state index in [2.05, 4.69) is 0 Å². The molecule has 0 amide bonds. The lowest BCUT2D eigenvalue weighted by atomic mass is 9.87. The van der Waals surface area contributed by atoms with Gasteiger partial charge in [-0.15, -0.1) is 0 Å². The first kappa shape index (κ1) is 12.8. The SMILES string of the molecule is CC(C)C(C(=O)P(=O)([O-])[O-])C(C)C. The zero-order valence-corrected chi connectivity index (χ0v) is 9.21. The molecule has 0 heterocycles. The van der Waals surface area contributed by atoms with E-state index in [0.717, 1.165) is 0 Å². The van der Waals surface area contributed by atoms with Crippen molar-refractivity contribution in [3.8, 4) is 0 Å². The quantitative estimate of drug-likeness (QED) is 0.622. The smallest absolute Gasteiger partial charge is 0.166 e. The first-order valence-corrected chi connectivity index (χ1v) is 5.78. The molecule has 0 aliphatic heterocycles. The minimum absolute atomic E-state index is 0.122. The van der Waals surface area contributed by atoms with Crippen LogP contribution < -0.4 is 9.79 Å². The molecule has 0 aromatic rings. The second kappa shape index (κ2) is 4.36. The van der Waals surface area contributed by atoms with E-state index < -0.39 is 19.0 Å². The normalized spacial score (nSPS) is 13.0. The van der Waals surface area contributed by atoms with Gasteiger partial charge < -0.3 is 14.4 Å². The van der Waals surface area contributed by atoms with Crippen LogP contribution in [0.15, 0.2) is 0 Å². The maximum Gasteiger partial charge on any atom is 0.166 e. The molecule has 0 unspecified atom stereocenters. The van der Waals surface area contributed by atoms with Gasteiger partial charge in [-0.1, -0.05) is 27.7 Å². The summed E-state index contributed by atoms with van der Waals surface area (Å²) in [5.41, 5.74) is -1.16. The van der Waals surface area contributed by atoms with E-state index in [-0.39, 0.29) is 11.8 Å². The van der Waals surface area contributed by atoms with Crippen LogP contribution in [0, 0.1) is 17.8 Å². The van der Waals surface area contributed by atoms with Gasteiger partial charge in [-0.2, -0.15) is 0 Å². The van der Waals surface area contributed by atoms with E-state index >= 15 is 0 Å². The second-order valence-electron chi connectivity index (χ2n) is 3.85. The van der Waals surface area contributed by atoms with Crippen LogP contribution in [0.1, 0.15) is 27.7 Å². The Kier molecular flexibility index (Phi) is 4.30. The van der Waals surface area contributed by atoms with Crippen molar-refractivity contribution >= 4 is 13.1 Å². The van der Waals surface area contributed by atoms with Crippen LogP contribution in [-0.2, 0) is 9.36 Å². The van der Waals surface area contributed by atoms with E-state index in [1.807, 2.05) is 0 Å². The Morgan fingerprint density at radius 1 is 1.08 bits per heavy atom. The topological polar surface area (TPSA) is 80.3 Å². The van der Waals surface area contributed by atoms with E-state index in [0.29, 0.717) is 0 Å². The van der Waals surface area contributed by atoms with Crippen LogP contribution in [0.2, 0.25) is 0 Å². The Bertz CT molecular complexity index is 220. The molecular weight excluding hydrogens is 191 g/mol. The summed E-state index contributed by atoms with van der Waals surface area (Å²) >= 11 is 0. The molecule has 0 N–H and O–H groups in total. The van der Waals surface area contributed by atoms with E-state index in [1.54, 1.807) is 27.7 Å². The number of hydrogen-bond donors (Lipinski definition) is 0. The molecule has 0 saturated heterocycles. The highest BCUT2D eigenvalue weighted by Gasteiger charge is 2.27. The zero-order chi connectivity index (χ0) is 10.8. The van der Waals surface area contributed by atoms with Crippen molar-refractivity contribution in [1.82, 2.24) is 0 Å². The maximum atomic E-state index is 11.2. The Morgan fingerprint density at radius 3 is 1.46 bits per heavy atom. The van der Waals surface area contributed by atoms with Crippen LogP contribution in [0.4, 0.5) is 0 Å². The van der Waals surface area contributed by atoms with Crippen molar-refractivity contribution in [3.05, 3.63) is 0 Å². The monoisotopic (exact) mass is 206 g/mol. The van der Waals surface area contributed by atoms with Crippen molar-refractivity contribution < 1.29 is 19.1 Å². The van der Waals surface area contributed by atoms with Gasteiger partial charge in [0.2, 0.25) is 0 Å². The van der Waals surface area contributed by atoms with E-state index in [9.17, 15) is 19.1 Å². The fourth-order valence-corrected chi connectivity index (χ4v) is 2.48. The van der Waals surface area contributed by atoms with Gasteiger partial charge in [0, 0.05) is 13.5 Å². The van der Waals surface area contributed by atoms with E-state index in [1.165, 1.54) is 0 Å². The Labute approximate surface area is 78.5 Å². The molecule has 0 saturated carbocycles. The highest BCUT2D eigenvalue weighted by Crippen LogP contribution is 2.36. The fourth-order valence-electron chi connectivity index (χ4n) is 1.52. The number of hydrogen-bond acceptors (Lipinski definition) is 4. The van der Waals surface area contributed by atoms with Crippen molar-refractivity contribution in [2.75, 3.05) is 0 Å². The third-order valence-electron chi connectivity index (χ3n) is 1.99. The largest absolute Gasteiger partial charge is 0.805 e. The van der Waals surface area contributed by atoms with Crippen LogP contribution in [0.25, 0.3) is 0 Å². The molecule has 0 atom stereocenters. The molecule has 0 aromatic carbocycles. The molecule has 0 aromatic heterocycles. The molecule has 5 heteroatoms. The van der Waals surface area contributed by atoms with Crippen molar-refractivity contribution in [2.24, 2.45) is 17.8 Å². The molecule has 0 fully saturated rings. The van der Waals surface area contributed by atoms with Gasteiger partial charge in [-0.3, -0.25) is 4.79 Å². The zero-order valence-electron chi connectivity index (χ0n) is 8.31. The average Bonchev–Trinajstić information content (AvgIpc) is 1.82. The molecule has 0 aliphatic carbocycles. The Hall–Kier alpha value is -0.180. The highest BCUT2D eigenvalue weighted by atomic mass is 31.2. The summed E-state index contributed by atoms with van der Waals surface area (Å²) in [6.07, 6.45) is 0. The summed E-state index contributed by atoms with van der Waals surface area (Å²) in [5, 5.41) is 0. The standard InChI is InChI=1S/C8H17O4P/c1-5(2)7(6(3)4)8(9)13(10,11)12/h5-7H,1-4H3,(H2,10,11,12)/p-2. The second-order valence-corrected chi connectivity index (χ2v) is 5.29. The van der Waals surface area contributed by atoms with Crippen molar-refractivity contribution in [1.29, 1.82) is 0 Å². The Morgan fingerprint density at radius 2 is 1.38 bits per heavy atom. The van der Waals surface area contributed by atoms with Gasteiger partial charge in [-0.05, 0) is 11.8 Å².